The molecule has 16 heavy (non-hydrogen) atoms. The van der Waals surface area contributed by atoms with Crippen molar-refractivity contribution in [3.05, 3.63) is 23.3 Å². The van der Waals surface area contributed by atoms with E-state index in [9.17, 15) is 0 Å². The summed E-state index contributed by atoms with van der Waals surface area (Å²) in [6, 6.07) is 0. The van der Waals surface area contributed by atoms with E-state index < -0.39 is 9.90 Å². The predicted octanol–water partition coefficient (Wildman–Crippen LogP) is 5.06. The molecule has 0 N–H and O–H groups in total. The summed E-state index contributed by atoms with van der Waals surface area (Å²) in [5, 5.41) is 0. The molecule has 0 saturated heterocycles. The highest BCUT2D eigenvalue weighted by Gasteiger charge is 2.30. The SMILES string of the molecule is COC(C=C(C)CCC=C(C)C)C(Cl)(Cl)Cl. The van der Waals surface area contributed by atoms with E-state index in [0.29, 0.717) is 0 Å². The van der Waals surface area contributed by atoms with Crippen LogP contribution in [-0.4, -0.2) is 17.0 Å². The van der Waals surface area contributed by atoms with Crippen LogP contribution in [0.3, 0.4) is 0 Å². The number of alkyl halides is 3. The van der Waals surface area contributed by atoms with Crippen LogP contribution in [0.4, 0.5) is 0 Å². The molecule has 0 rings (SSSR count). The number of ether oxygens (including phenoxy) is 1. The zero-order valence-corrected chi connectivity index (χ0v) is 12.5. The van der Waals surface area contributed by atoms with Crippen LogP contribution in [0.25, 0.3) is 0 Å². The fraction of sp³-hybridized carbons (Fsp3) is 0.667. The Kier molecular flexibility index (Phi) is 7.75. The molecule has 0 aromatic carbocycles. The van der Waals surface area contributed by atoms with Crippen LogP contribution in [0.2, 0.25) is 0 Å². The van der Waals surface area contributed by atoms with Gasteiger partial charge in [-0.1, -0.05) is 58.1 Å². The van der Waals surface area contributed by atoms with Crippen LogP contribution < -0.4 is 0 Å². The lowest BCUT2D eigenvalue weighted by molar-refractivity contribution is 0.143. The molecule has 0 aliphatic carbocycles. The second kappa shape index (κ2) is 7.60. The largest absolute Gasteiger partial charge is 0.373 e. The van der Waals surface area contributed by atoms with Crippen molar-refractivity contribution < 1.29 is 4.74 Å². The smallest absolute Gasteiger partial charge is 0.219 e. The molecule has 1 atom stereocenters. The van der Waals surface area contributed by atoms with Gasteiger partial charge in [-0.3, -0.25) is 0 Å². The van der Waals surface area contributed by atoms with E-state index in [1.54, 1.807) is 0 Å². The molecule has 0 aromatic heterocycles. The Morgan fingerprint density at radius 3 is 2.19 bits per heavy atom. The zero-order chi connectivity index (χ0) is 12.8. The van der Waals surface area contributed by atoms with Crippen molar-refractivity contribution in [1.29, 1.82) is 0 Å². The van der Waals surface area contributed by atoms with E-state index in [1.807, 2.05) is 13.0 Å². The molecule has 0 bridgehead atoms. The second-order valence-corrected chi connectivity index (χ2v) is 6.40. The fourth-order valence-corrected chi connectivity index (χ4v) is 1.68. The summed E-state index contributed by atoms with van der Waals surface area (Å²) >= 11 is 17.3. The van der Waals surface area contributed by atoms with E-state index in [0.717, 1.165) is 18.4 Å². The normalized spacial score (nSPS) is 14.8. The molecule has 0 amide bonds. The van der Waals surface area contributed by atoms with Crippen LogP contribution in [-0.2, 0) is 4.74 Å². The van der Waals surface area contributed by atoms with E-state index in [2.05, 4.69) is 19.9 Å². The molecule has 1 unspecified atom stereocenters. The number of halogens is 3. The zero-order valence-electron chi connectivity index (χ0n) is 10.2. The average Bonchev–Trinajstić information content (AvgIpc) is 2.11. The number of allylic oxidation sites excluding steroid dienone is 3. The molecule has 1 nitrogen and oxygen atoms in total. The Hall–Kier alpha value is 0.310. The van der Waals surface area contributed by atoms with Gasteiger partial charge >= 0.3 is 0 Å². The Labute approximate surface area is 113 Å². The number of methoxy groups -OCH3 is 1. The van der Waals surface area contributed by atoms with Crippen LogP contribution in [0.15, 0.2) is 23.3 Å². The highest BCUT2D eigenvalue weighted by atomic mass is 35.6. The molecule has 0 aliphatic rings. The van der Waals surface area contributed by atoms with E-state index in [-0.39, 0.29) is 0 Å². The third-order valence-corrected chi connectivity index (χ3v) is 2.75. The Balaban J connectivity index is 4.34. The first kappa shape index (κ1) is 16.3. The fourth-order valence-electron chi connectivity index (χ4n) is 1.23. The molecule has 0 aliphatic heterocycles. The molecule has 4 heteroatoms. The van der Waals surface area contributed by atoms with E-state index in [1.165, 1.54) is 12.7 Å². The highest BCUT2D eigenvalue weighted by Crippen LogP contribution is 2.33. The molecule has 0 heterocycles. The van der Waals surface area contributed by atoms with Gasteiger partial charge in [0.25, 0.3) is 0 Å². The lowest BCUT2D eigenvalue weighted by Gasteiger charge is -2.20. The average molecular weight is 286 g/mol. The van der Waals surface area contributed by atoms with E-state index in [4.69, 9.17) is 39.5 Å². The number of hydrogen-bond acceptors (Lipinski definition) is 1. The van der Waals surface area contributed by atoms with Crippen LogP contribution in [0.5, 0.6) is 0 Å². The number of rotatable bonds is 5. The summed E-state index contributed by atoms with van der Waals surface area (Å²) in [5.74, 6) is 0. The summed E-state index contributed by atoms with van der Waals surface area (Å²) < 4.78 is 3.71. The van der Waals surface area contributed by atoms with Gasteiger partial charge in [-0.2, -0.15) is 0 Å². The third-order valence-electron chi connectivity index (χ3n) is 2.10. The van der Waals surface area contributed by atoms with Crippen LogP contribution in [0.1, 0.15) is 33.6 Å². The first-order valence-electron chi connectivity index (χ1n) is 5.17. The first-order chi connectivity index (χ1) is 7.27. The molecule has 0 saturated carbocycles. The summed E-state index contributed by atoms with van der Waals surface area (Å²) in [7, 11) is 1.53. The van der Waals surface area contributed by atoms with Gasteiger partial charge in [-0.05, 0) is 33.6 Å². The topological polar surface area (TPSA) is 9.23 Å². The monoisotopic (exact) mass is 284 g/mol. The van der Waals surface area contributed by atoms with Crippen LogP contribution >= 0.6 is 34.8 Å². The van der Waals surface area contributed by atoms with Gasteiger partial charge in [0.05, 0.1) is 0 Å². The first-order valence-corrected chi connectivity index (χ1v) is 6.31. The van der Waals surface area contributed by atoms with Gasteiger partial charge in [-0.15, -0.1) is 0 Å². The molecule has 0 aromatic rings. The van der Waals surface area contributed by atoms with Crippen molar-refractivity contribution in [2.75, 3.05) is 7.11 Å². The second-order valence-electron chi connectivity index (χ2n) is 4.03. The molecular formula is C12H19Cl3O. The quantitative estimate of drug-likeness (QED) is 0.506. The molecule has 0 radical (unpaired) electrons. The van der Waals surface area contributed by atoms with E-state index >= 15 is 0 Å². The van der Waals surface area contributed by atoms with Crippen molar-refractivity contribution in [3.8, 4) is 0 Å². The minimum atomic E-state index is -1.41. The Morgan fingerprint density at radius 2 is 1.81 bits per heavy atom. The summed E-state index contributed by atoms with van der Waals surface area (Å²) in [6.07, 6.45) is 5.51. The molecular weight excluding hydrogens is 266 g/mol. The van der Waals surface area contributed by atoms with Gasteiger partial charge < -0.3 is 4.74 Å². The van der Waals surface area contributed by atoms with Crippen molar-refractivity contribution in [2.45, 2.75) is 43.5 Å². The maximum Gasteiger partial charge on any atom is 0.219 e. The van der Waals surface area contributed by atoms with Crippen molar-refractivity contribution in [1.82, 2.24) is 0 Å². The minimum Gasteiger partial charge on any atom is -0.373 e. The molecule has 0 spiro atoms. The minimum absolute atomic E-state index is 0.496. The lowest BCUT2D eigenvalue weighted by Crippen LogP contribution is -2.25. The van der Waals surface area contributed by atoms with Crippen molar-refractivity contribution in [2.24, 2.45) is 0 Å². The van der Waals surface area contributed by atoms with Gasteiger partial charge in [0.1, 0.15) is 6.10 Å². The summed E-state index contributed by atoms with van der Waals surface area (Å²) in [6.45, 7) is 6.18. The van der Waals surface area contributed by atoms with Gasteiger partial charge in [-0.25, -0.2) is 0 Å². The molecule has 0 fully saturated rings. The number of hydrogen-bond donors (Lipinski definition) is 0. The highest BCUT2D eigenvalue weighted by molar-refractivity contribution is 6.68. The predicted molar refractivity (Wildman–Crippen MR) is 73.5 cm³/mol. The van der Waals surface area contributed by atoms with Crippen molar-refractivity contribution >= 4 is 34.8 Å². The molecule has 94 valence electrons. The van der Waals surface area contributed by atoms with Crippen LogP contribution in [0, 0.1) is 0 Å². The third kappa shape index (κ3) is 7.56. The maximum absolute atomic E-state index is 5.78. The maximum atomic E-state index is 5.78. The lowest BCUT2D eigenvalue weighted by atomic mass is 10.1. The summed E-state index contributed by atoms with van der Waals surface area (Å²) in [5.41, 5.74) is 2.48. The van der Waals surface area contributed by atoms with Gasteiger partial charge in [0.2, 0.25) is 3.79 Å². The Bertz CT molecular complexity index is 260. The van der Waals surface area contributed by atoms with Gasteiger partial charge in [0, 0.05) is 7.11 Å². The Morgan fingerprint density at radius 1 is 1.25 bits per heavy atom. The van der Waals surface area contributed by atoms with Crippen molar-refractivity contribution in [3.63, 3.8) is 0 Å². The van der Waals surface area contributed by atoms with Gasteiger partial charge in [0.15, 0.2) is 0 Å². The summed E-state index contributed by atoms with van der Waals surface area (Å²) in [4.78, 5) is 0. The standard InChI is InChI=1S/C12H19Cl3O/c1-9(2)6-5-7-10(3)8-11(16-4)12(13,14)15/h6,8,11H,5,7H2,1-4H3.